The van der Waals surface area contributed by atoms with Gasteiger partial charge in [0.15, 0.2) is 0 Å². The summed E-state index contributed by atoms with van der Waals surface area (Å²) in [5, 5.41) is 21.2. The average molecular weight is 455 g/mol. The first-order valence-corrected chi connectivity index (χ1v) is 11.6. The molecule has 1 amide bonds. The van der Waals surface area contributed by atoms with Gasteiger partial charge < -0.3 is 16.0 Å². The third kappa shape index (κ3) is 4.56. The first-order chi connectivity index (χ1) is 16.6. The fourth-order valence-electron chi connectivity index (χ4n) is 4.64. The monoisotopic (exact) mass is 454 g/mol. The maximum absolute atomic E-state index is 13.0. The molecule has 0 unspecified atom stereocenters. The molecule has 5 rings (SSSR count). The zero-order valence-electron chi connectivity index (χ0n) is 18.7. The van der Waals surface area contributed by atoms with Gasteiger partial charge in [-0.25, -0.2) is 0 Å². The van der Waals surface area contributed by atoms with E-state index in [1.54, 1.807) is 6.07 Å². The summed E-state index contributed by atoms with van der Waals surface area (Å²) in [5.41, 5.74) is 4.87. The number of hydrogen-bond donors (Lipinski definition) is 3. The summed E-state index contributed by atoms with van der Waals surface area (Å²) in [7, 11) is 0. The Balaban J connectivity index is 1.47. The molecule has 1 heterocycles. The Kier molecular flexibility index (Phi) is 6.10. The highest BCUT2D eigenvalue weighted by Gasteiger charge is 2.30. The molecule has 1 aliphatic carbocycles. The van der Waals surface area contributed by atoms with Crippen LogP contribution in [0, 0.1) is 10.1 Å². The molecule has 7 heteroatoms. The molecule has 0 bridgehead atoms. The number of nitro benzene ring substituents is 1. The topological polar surface area (TPSA) is 96.3 Å². The van der Waals surface area contributed by atoms with Crippen molar-refractivity contribution in [3.8, 4) is 0 Å². The van der Waals surface area contributed by atoms with Crippen LogP contribution in [0.4, 0.5) is 17.1 Å². The summed E-state index contributed by atoms with van der Waals surface area (Å²) in [5.74, 6) is -0.292. The molecule has 0 aromatic heterocycles. The summed E-state index contributed by atoms with van der Waals surface area (Å²) in [6.07, 6.45) is 5.10. The molecule has 3 aromatic carbocycles. The molecule has 0 spiro atoms. The second kappa shape index (κ2) is 9.49. The van der Waals surface area contributed by atoms with Crippen molar-refractivity contribution in [1.29, 1.82) is 0 Å². The van der Waals surface area contributed by atoms with Gasteiger partial charge in [-0.15, -0.1) is 0 Å². The summed E-state index contributed by atoms with van der Waals surface area (Å²) in [6, 6.07) is 22.7. The van der Waals surface area contributed by atoms with Crippen molar-refractivity contribution in [3.05, 3.63) is 99.6 Å². The molecule has 1 saturated carbocycles. The van der Waals surface area contributed by atoms with Crippen LogP contribution in [0.3, 0.4) is 0 Å². The molecule has 3 aromatic rings. The van der Waals surface area contributed by atoms with Crippen molar-refractivity contribution in [2.45, 2.75) is 38.3 Å². The largest absolute Gasteiger partial charge is 0.354 e. The highest BCUT2D eigenvalue weighted by Crippen LogP contribution is 2.39. The predicted molar refractivity (Wildman–Crippen MR) is 134 cm³/mol. The van der Waals surface area contributed by atoms with Crippen LogP contribution in [0.2, 0.25) is 0 Å². The van der Waals surface area contributed by atoms with Crippen LogP contribution in [0.15, 0.2) is 72.8 Å². The molecular formula is C27H26N4O3. The number of nitrogens with zero attached hydrogens (tertiary/aromatic N) is 1. The second-order valence-corrected chi connectivity index (χ2v) is 8.74. The van der Waals surface area contributed by atoms with Gasteiger partial charge in [-0.1, -0.05) is 55.3 Å². The minimum absolute atomic E-state index is 0.0562. The van der Waals surface area contributed by atoms with Crippen LogP contribution in [0.5, 0.6) is 0 Å². The number of amides is 1. The number of rotatable bonds is 7. The van der Waals surface area contributed by atoms with E-state index >= 15 is 0 Å². The maximum Gasteiger partial charge on any atom is 0.270 e. The highest BCUT2D eigenvalue weighted by molar-refractivity contribution is 6.37. The molecule has 0 atom stereocenters. The molecular weight excluding hydrogens is 428 g/mol. The lowest BCUT2D eigenvalue weighted by Crippen LogP contribution is -2.25. The van der Waals surface area contributed by atoms with Gasteiger partial charge in [0.25, 0.3) is 11.6 Å². The van der Waals surface area contributed by atoms with Gasteiger partial charge in [-0.3, -0.25) is 14.9 Å². The first kappa shape index (κ1) is 21.9. The van der Waals surface area contributed by atoms with E-state index in [9.17, 15) is 14.9 Å². The highest BCUT2D eigenvalue weighted by atomic mass is 16.6. The third-order valence-electron chi connectivity index (χ3n) is 6.44. The number of nitrogens with one attached hydrogen (secondary N) is 3. The van der Waals surface area contributed by atoms with Crippen molar-refractivity contribution in [1.82, 2.24) is 5.32 Å². The molecule has 0 radical (unpaired) electrons. The Morgan fingerprint density at radius 1 is 1.00 bits per heavy atom. The van der Waals surface area contributed by atoms with Gasteiger partial charge in [0, 0.05) is 41.7 Å². The van der Waals surface area contributed by atoms with Gasteiger partial charge in [-0.2, -0.15) is 0 Å². The molecule has 0 saturated heterocycles. The van der Waals surface area contributed by atoms with Crippen molar-refractivity contribution < 1.29 is 9.72 Å². The van der Waals surface area contributed by atoms with Crippen LogP contribution < -0.4 is 16.0 Å². The zero-order valence-corrected chi connectivity index (χ0v) is 18.7. The smallest absolute Gasteiger partial charge is 0.270 e. The van der Waals surface area contributed by atoms with E-state index < -0.39 is 4.92 Å². The van der Waals surface area contributed by atoms with Crippen molar-refractivity contribution in [3.63, 3.8) is 0 Å². The van der Waals surface area contributed by atoms with Gasteiger partial charge in [0.1, 0.15) is 0 Å². The van der Waals surface area contributed by atoms with Crippen LogP contribution in [-0.2, 0) is 11.3 Å². The minimum atomic E-state index is -0.450. The summed E-state index contributed by atoms with van der Waals surface area (Å²) < 4.78 is 0. The Morgan fingerprint density at radius 3 is 2.44 bits per heavy atom. The van der Waals surface area contributed by atoms with Crippen molar-refractivity contribution in [2.75, 3.05) is 10.6 Å². The van der Waals surface area contributed by atoms with E-state index in [4.69, 9.17) is 0 Å². The Hall–Kier alpha value is -3.97. The van der Waals surface area contributed by atoms with Crippen LogP contribution in [0.1, 0.15) is 42.4 Å². The lowest BCUT2D eigenvalue weighted by molar-refractivity contribution is -0.384. The van der Waals surface area contributed by atoms with Crippen LogP contribution in [-0.4, -0.2) is 16.9 Å². The van der Waals surface area contributed by atoms with Crippen LogP contribution in [0.25, 0.3) is 11.3 Å². The molecule has 1 fully saturated rings. The van der Waals surface area contributed by atoms with E-state index in [-0.39, 0.29) is 11.6 Å². The third-order valence-corrected chi connectivity index (χ3v) is 6.44. The first-order valence-electron chi connectivity index (χ1n) is 11.6. The van der Waals surface area contributed by atoms with E-state index in [0.717, 1.165) is 17.8 Å². The fourth-order valence-corrected chi connectivity index (χ4v) is 4.64. The normalized spacial score (nSPS) is 16.8. The van der Waals surface area contributed by atoms with Crippen molar-refractivity contribution >= 4 is 34.2 Å². The summed E-state index contributed by atoms with van der Waals surface area (Å²) in [4.78, 5) is 23.9. The quantitative estimate of drug-likeness (QED) is 0.247. The van der Waals surface area contributed by atoms with Crippen molar-refractivity contribution in [2.24, 2.45) is 0 Å². The van der Waals surface area contributed by atoms with E-state index in [1.165, 1.54) is 43.4 Å². The number of anilines is 2. The number of non-ortho nitro benzene ring substituents is 1. The second-order valence-electron chi connectivity index (χ2n) is 8.74. The molecule has 2 aliphatic rings. The summed E-state index contributed by atoms with van der Waals surface area (Å²) in [6.45, 7) is 0.830. The molecule has 1 aliphatic heterocycles. The zero-order chi connectivity index (χ0) is 23.5. The van der Waals surface area contributed by atoms with Gasteiger partial charge in [0.2, 0.25) is 0 Å². The average Bonchev–Trinajstić information content (AvgIpc) is 3.49. The molecule has 3 N–H and O–H groups in total. The number of fused-ring (bicyclic) bond motifs is 1. The number of nitro groups is 1. The summed E-state index contributed by atoms with van der Waals surface area (Å²) >= 11 is 0. The minimum Gasteiger partial charge on any atom is -0.354 e. The Morgan fingerprint density at radius 2 is 1.74 bits per heavy atom. The standard InChI is InChI=1S/C27H26N4O3/c32-27-25(23-16-22(31(33)34)14-15-24(23)30-27)26(19-6-2-1-3-7-19)29-21-12-10-18(11-13-21)17-28-20-8-4-5-9-20/h1-3,6-7,10-16,20,28-29H,4-5,8-9,17H2,(H,30,32). The van der Waals surface area contributed by atoms with Gasteiger partial charge >= 0.3 is 0 Å². The molecule has 172 valence electrons. The lowest BCUT2D eigenvalue weighted by Gasteiger charge is -2.16. The fraction of sp³-hybridized carbons (Fsp3) is 0.222. The predicted octanol–water partition coefficient (Wildman–Crippen LogP) is 5.56. The number of benzene rings is 3. The SMILES string of the molecule is O=C1Nc2ccc([N+](=O)[O-])cc2C1=C(Nc1ccc(CNC2CCCC2)cc1)c1ccccc1. The Labute approximate surface area is 198 Å². The molecule has 34 heavy (non-hydrogen) atoms. The number of carbonyl (C=O) groups excluding carboxylic acids is 1. The van der Waals surface area contributed by atoms with Gasteiger partial charge in [0.05, 0.1) is 16.2 Å². The molecule has 7 nitrogen and oxygen atoms in total. The van der Waals surface area contributed by atoms with Gasteiger partial charge in [-0.05, 0) is 42.2 Å². The Bertz CT molecular complexity index is 1250. The number of hydrogen-bond acceptors (Lipinski definition) is 5. The van der Waals surface area contributed by atoms with Crippen LogP contribution >= 0.6 is 0 Å². The number of carbonyl (C=O) groups is 1. The maximum atomic E-state index is 13.0. The van der Waals surface area contributed by atoms with E-state index in [0.29, 0.717) is 28.6 Å². The van der Waals surface area contributed by atoms with E-state index in [1.807, 2.05) is 42.5 Å². The van der Waals surface area contributed by atoms with E-state index in [2.05, 4.69) is 28.1 Å². The lowest BCUT2D eigenvalue weighted by atomic mass is 9.99.